The quantitative estimate of drug-likeness (QED) is 0.751. The van der Waals surface area contributed by atoms with E-state index >= 15 is 0 Å². The molecule has 1 amide bonds. The van der Waals surface area contributed by atoms with Gasteiger partial charge in [0.25, 0.3) is 5.91 Å². The van der Waals surface area contributed by atoms with Crippen LogP contribution in [-0.2, 0) is 4.74 Å². The molecule has 9 heteroatoms. The van der Waals surface area contributed by atoms with E-state index in [9.17, 15) is 14.0 Å². The number of carbonyl (C=O) groups excluding carboxylic acids is 1. The van der Waals surface area contributed by atoms with Crippen LogP contribution in [0.15, 0.2) is 51.9 Å². The van der Waals surface area contributed by atoms with Crippen molar-refractivity contribution in [2.75, 3.05) is 11.9 Å². The Hall–Kier alpha value is -2.36. The molecule has 2 aromatic rings. The molecule has 0 spiro atoms. The smallest absolute Gasteiger partial charge is 0.352 e. The fraction of sp³-hybridized carbons (Fsp3) is 0.188. The molecular weight excluding hydrogens is 397 g/mol. The van der Waals surface area contributed by atoms with Gasteiger partial charge in [0.05, 0.1) is 12.8 Å². The summed E-state index contributed by atoms with van der Waals surface area (Å²) in [6.07, 6.45) is 2.57. The molecule has 1 aromatic heterocycles. The maximum Gasteiger partial charge on any atom is 0.352 e. The van der Waals surface area contributed by atoms with Crippen LogP contribution < -0.4 is 11.0 Å². The number of nitrogens with one attached hydrogen (secondary N) is 1. The number of hydrogen-bond donors (Lipinski definition) is 2. The first kappa shape index (κ1) is 17.5. The Balaban J connectivity index is 1.81. The topological polar surface area (TPSA) is 93.5 Å². The van der Waals surface area contributed by atoms with Gasteiger partial charge >= 0.3 is 5.69 Å². The molecule has 25 heavy (non-hydrogen) atoms. The van der Waals surface area contributed by atoms with Gasteiger partial charge in [0.1, 0.15) is 6.10 Å². The molecule has 2 atom stereocenters. The summed E-state index contributed by atoms with van der Waals surface area (Å²) in [7, 11) is 0. The van der Waals surface area contributed by atoms with Gasteiger partial charge in [-0.2, -0.15) is 4.98 Å². The minimum Gasteiger partial charge on any atom is -0.393 e. The van der Waals surface area contributed by atoms with E-state index in [1.807, 2.05) is 0 Å². The van der Waals surface area contributed by atoms with Gasteiger partial charge in [-0.05, 0) is 30.3 Å². The predicted octanol–water partition coefficient (Wildman–Crippen LogP) is 1.84. The molecule has 2 heterocycles. The van der Waals surface area contributed by atoms with Gasteiger partial charge in [-0.25, -0.2) is 9.18 Å². The van der Waals surface area contributed by atoms with E-state index < -0.39 is 35.6 Å². The van der Waals surface area contributed by atoms with Crippen molar-refractivity contribution in [3.8, 4) is 0 Å². The van der Waals surface area contributed by atoms with Crippen LogP contribution in [0, 0.1) is 5.82 Å². The number of rotatable bonds is 4. The summed E-state index contributed by atoms with van der Waals surface area (Å²) < 4.78 is 21.3. The lowest BCUT2D eigenvalue weighted by atomic mass is 10.2. The second-order valence-corrected chi connectivity index (χ2v) is 6.14. The Morgan fingerprint density at radius 1 is 1.36 bits per heavy atom. The number of hydrogen-bond acceptors (Lipinski definition) is 5. The molecule has 0 radical (unpaired) electrons. The standard InChI is InChI=1S/C16H13BrFN3O4/c17-10-3-1-9(2-4-10)15(23)19-14-12(18)7-21(16(24)20-14)13-6-5-11(8-22)25-13/h1-7,11,13,22H,8H2,(H,19,20,23,24)/t11-,13+/m0/s1. The first-order valence-corrected chi connectivity index (χ1v) is 8.07. The van der Waals surface area contributed by atoms with Gasteiger partial charge in [-0.15, -0.1) is 0 Å². The Labute approximate surface area is 149 Å². The highest BCUT2D eigenvalue weighted by atomic mass is 79.9. The molecule has 7 nitrogen and oxygen atoms in total. The number of halogens is 2. The molecule has 0 bridgehead atoms. The SMILES string of the molecule is O=C(Nc1nc(=O)n([C@H]2C=C[C@@H](CO)O2)cc1F)c1ccc(Br)cc1. The first-order chi connectivity index (χ1) is 12.0. The van der Waals surface area contributed by atoms with Crippen LogP contribution in [0.3, 0.4) is 0 Å². The van der Waals surface area contributed by atoms with Crippen molar-refractivity contribution in [2.24, 2.45) is 0 Å². The summed E-state index contributed by atoms with van der Waals surface area (Å²) >= 11 is 3.25. The number of aromatic nitrogens is 2. The predicted molar refractivity (Wildman–Crippen MR) is 90.7 cm³/mol. The van der Waals surface area contributed by atoms with Crippen LogP contribution in [0.1, 0.15) is 16.6 Å². The lowest BCUT2D eigenvalue weighted by Gasteiger charge is -2.15. The van der Waals surface area contributed by atoms with Gasteiger partial charge in [0, 0.05) is 10.0 Å². The van der Waals surface area contributed by atoms with Crippen LogP contribution in [-0.4, -0.2) is 33.3 Å². The van der Waals surface area contributed by atoms with Gasteiger partial charge in [-0.1, -0.05) is 22.0 Å². The molecule has 1 aliphatic heterocycles. The maximum absolute atomic E-state index is 14.2. The third-order valence-corrected chi connectivity index (χ3v) is 4.03. The monoisotopic (exact) mass is 409 g/mol. The van der Waals surface area contributed by atoms with Crippen molar-refractivity contribution < 1.29 is 19.0 Å². The second-order valence-electron chi connectivity index (χ2n) is 5.22. The van der Waals surface area contributed by atoms with E-state index in [1.54, 1.807) is 30.3 Å². The zero-order valence-corrected chi connectivity index (χ0v) is 14.3. The molecule has 0 fully saturated rings. The van der Waals surface area contributed by atoms with Crippen LogP contribution in [0.25, 0.3) is 0 Å². The van der Waals surface area contributed by atoms with E-state index in [-0.39, 0.29) is 6.61 Å². The molecule has 1 aromatic carbocycles. The maximum atomic E-state index is 14.2. The third-order valence-electron chi connectivity index (χ3n) is 3.50. The van der Waals surface area contributed by atoms with Crippen LogP contribution >= 0.6 is 15.9 Å². The van der Waals surface area contributed by atoms with Crippen molar-refractivity contribution in [1.82, 2.24) is 9.55 Å². The minimum absolute atomic E-state index is 0.251. The van der Waals surface area contributed by atoms with Crippen LogP contribution in [0.4, 0.5) is 10.2 Å². The van der Waals surface area contributed by atoms with E-state index in [1.165, 1.54) is 6.08 Å². The number of aliphatic hydroxyl groups excluding tert-OH is 1. The number of ether oxygens (including phenoxy) is 1. The average molecular weight is 410 g/mol. The van der Waals surface area contributed by atoms with Gasteiger partial charge in [0.15, 0.2) is 17.9 Å². The van der Waals surface area contributed by atoms with E-state index in [0.717, 1.165) is 15.2 Å². The van der Waals surface area contributed by atoms with Gasteiger partial charge < -0.3 is 15.2 Å². The Morgan fingerprint density at radius 3 is 2.72 bits per heavy atom. The summed E-state index contributed by atoms with van der Waals surface area (Å²) in [6, 6.07) is 6.42. The summed E-state index contributed by atoms with van der Waals surface area (Å²) in [6.45, 7) is -0.251. The Kier molecular flexibility index (Phi) is 5.07. The highest BCUT2D eigenvalue weighted by molar-refractivity contribution is 9.10. The fourth-order valence-corrected chi connectivity index (χ4v) is 2.51. The molecule has 0 saturated heterocycles. The summed E-state index contributed by atoms with van der Waals surface area (Å²) in [5, 5.41) is 11.3. The number of amides is 1. The number of benzene rings is 1. The molecule has 1 aliphatic rings. The average Bonchev–Trinajstić information content (AvgIpc) is 3.07. The molecule has 130 valence electrons. The Morgan fingerprint density at radius 2 is 2.08 bits per heavy atom. The molecule has 2 N–H and O–H groups in total. The van der Waals surface area contributed by atoms with Crippen molar-refractivity contribution in [2.45, 2.75) is 12.3 Å². The molecule has 3 rings (SSSR count). The van der Waals surface area contributed by atoms with Crippen LogP contribution in [0.5, 0.6) is 0 Å². The van der Waals surface area contributed by atoms with E-state index in [4.69, 9.17) is 9.84 Å². The Bertz CT molecular complexity index is 882. The summed E-state index contributed by atoms with van der Waals surface area (Å²) in [4.78, 5) is 27.8. The molecule has 0 saturated carbocycles. The van der Waals surface area contributed by atoms with Crippen molar-refractivity contribution in [3.63, 3.8) is 0 Å². The zero-order chi connectivity index (χ0) is 18.0. The van der Waals surface area contributed by atoms with Crippen molar-refractivity contribution in [1.29, 1.82) is 0 Å². The van der Waals surface area contributed by atoms with Crippen LogP contribution in [0.2, 0.25) is 0 Å². The summed E-state index contributed by atoms with van der Waals surface area (Å²) in [5.41, 5.74) is -0.498. The van der Waals surface area contributed by atoms with Crippen molar-refractivity contribution in [3.05, 3.63) is 69.0 Å². The number of nitrogens with zero attached hydrogens (tertiary/aromatic N) is 2. The largest absolute Gasteiger partial charge is 0.393 e. The number of aliphatic hydroxyl groups is 1. The minimum atomic E-state index is -0.880. The molecule has 0 unspecified atom stereocenters. The normalized spacial score (nSPS) is 19.2. The first-order valence-electron chi connectivity index (χ1n) is 7.28. The van der Waals surface area contributed by atoms with E-state index in [2.05, 4.69) is 26.2 Å². The van der Waals surface area contributed by atoms with Gasteiger partial charge in [0.2, 0.25) is 0 Å². The third kappa shape index (κ3) is 3.84. The highest BCUT2D eigenvalue weighted by Crippen LogP contribution is 2.20. The zero-order valence-electron chi connectivity index (χ0n) is 12.7. The lowest BCUT2D eigenvalue weighted by molar-refractivity contribution is -0.0106. The molecular formula is C16H13BrFN3O4. The highest BCUT2D eigenvalue weighted by Gasteiger charge is 2.23. The van der Waals surface area contributed by atoms with Crippen molar-refractivity contribution >= 4 is 27.7 Å². The van der Waals surface area contributed by atoms with E-state index in [0.29, 0.717) is 5.56 Å². The number of carbonyl (C=O) groups is 1. The fourth-order valence-electron chi connectivity index (χ4n) is 2.25. The lowest BCUT2D eigenvalue weighted by Crippen LogP contribution is -2.30. The van der Waals surface area contributed by atoms with Gasteiger partial charge in [-0.3, -0.25) is 9.36 Å². The second kappa shape index (κ2) is 7.26. The number of anilines is 1. The summed E-state index contributed by atoms with van der Waals surface area (Å²) in [5.74, 6) is -1.93. The molecule has 0 aliphatic carbocycles.